The van der Waals surface area contributed by atoms with Crippen molar-refractivity contribution in [1.82, 2.24) is 29.5 Å². The molecule has 0 saturated heterocycles. The second kappa shape index (κ2) is 22.9. The molecule has 0 fully saturated rings. The Balaban J connectivity index is 0.000000220. The fourth-order valence-corrected chi connectivity index (χ4v) is 8.10. The molecule has 6 aromatic rings. The van der Waals surface area contributed by atoms with E-state index in [0.29, 0.717) is 24.1 Å². The summed E-state index contributed by atoms with van der Waals surface area (Å²) in [6.45, 7) is 24.7. The molecular weight excluding hydrogens is 949 g/mol. The lowest BCUT2D eigenvalue weighted by Crippen LogP contribution is -2.29. The van der Waals surface area contributed by atoms with Gasteiger partial charge in [0.25, 0.3) is 0 Å². The second-order valence-corrected chi connectivity index (χ2v) is 30.2. The van der Waals surface area contributed by atoms with Crippen LogP contribution in [0.5, 0.6) is 11.5 Å². The fourth-order valence-electron chi connectivity index (χ4n) is 5.55. The van der Waals surface area contributed by atoms with Gasteiger partial charge in [0.15, 0.2) is 0 Å². The summed E-state index contributed by atoms with van der Waals surface area (Å²) < 4.78 is 28.3. The van der Waals surface area contributed by atoms with Crippen molar-refractivity contribution >= 4 is 96.3 Å². The number of hydrogen-bond donors (Lipinski definition) is 2. The molecule has 0 radical (unpaired) electrons. The highest BCUT2D eigenvalue weighted by atomic mass is 127. The maximum absolute atomic E-state index is 8.62. The summed E-state index contributed by atoms with van der Waals surface area (Å²) in [7, 11) is -3.64. The van der Waals surface area contributed by atoms with Crippen LogP contribution in [0.25, 0.3) is 33.1 Å². The lowest BCUT2D eigenvalue weighted by atomic mass is 9.81. The Hall–Kier alpha value is -3.07. The van der Waals surface area contributed by atoms with Crippen molar-refractivity contribution in [3.63, 3.8) is 0 Å². The standard InChI is InChI=1S/C21H28ClN3O2Si.C16H25IN2O2Si.C5H5BClNO2/c1-15(2)27-17-6-7-19-18(13-17)21(16-8-9-23-20(22)12-16)25(24-19)14-26-10-11-28(3,4)5;1-12(2)21-13-6-7-15-14(10-13)16(17)19(18-15)11-20-8-9-22(3,4)5;7-5-3-4(6(9)10)1-2-8-5/h6-9,12-13,15H,10-11,14H2,1-5H3;6-7,10,12H,8-9,11H2,1-5H3;1-3,9-10H. The van der Waals surface area contributed by atoms with E-state index < -0.39 is 23.3 Å². The maximum Gasteiger partial charge on any atom is 0.488 e. The van der Waals surface area contributed by atoms with E-state index in [1.54, 1.807) is 6.20 Å². The molecule has 6 rings (SSSR count). The zero-order valence-electron chi connectivity index (χ0n) is 36.2. The van der Waals surface area contributed by atoms with Gasteiger partial charge in [-0.05, 0) is 129 Å². The van der Waals surface area contributed by atoms with Gasteiger partial charge in [0, 0.05) is 58.1 Å². The highest BCUT2D eigenvalue weighted by Crippen LogP contribution is 2.33. The Bertz CT molecular complexity index is 2280. The van der Waals surface area contributed by atoms with E-state index in [0.717, 1.165) is 67.5 Å². The van der Waals surface area contributed by atoms with Crippen LogP contribution in [0, 0.1) is 3.70 Å². The Morgan fingerprint density at radius 1 is 0.667 bits per heavy atom. The van der Waals surface area contributed by atoms with Crippen LogP contribution in [-0.4, -0.2) is 88.3 Å². The Labute approximate surface area is 380 Å². The summed E-state index contributed by atoms with van der Waals surface area (Å²) in [6, 6.07) is 21.0. The number of halogens is 3. The third kappa shape index (κ3) is 16.3. The predicted molar refractivity (Wildman–Crippen MR) is 259 cm³/mol. The van der Waals surface area contributed by atoms with Gasteiger partial charge in [-0.15, -0.1) is 0 Å². The van der Waals surface area contributed by atoms with Crippen molar-refractivity contribution in [2.24, 2.45) is 0 Å². The van der Waals surface area contributed by atoms with E-state index in [4.69, 9.17) is 57.3 Å². The molecule has 324 valence electrons. The molecule has 4 aromatic heterocycles. The smallest absolute Gasteiger partial charge is 0.488 e. The third-order valence-corrected chi connectivity index (χ3v) is 13.5. The number of ether oxygens (including phenoxy) is 4. The zero-order valence-corrected chi connectivity index (χ0v) is 41.9. The average molecular weight is 1010 g/mol. The van der Waals surface area contributed by atoms with E-state index >= 15 is 0 Å². The summed E-state index contributed by atoms with van der Waals surface area (Å²) in [6.07, 6.45) is 3.41. The van der Waals surface area contributed by atoms with Gasteiger partial charge in [0.05, 0.1) is 28.9 Å². The summed E-state index contributed by atoms with van der Waals surface area (Å²) in [5.41, 5.74) is 4.14. The number of hydrogen-bond acceptors (Lipinski definition) is 10. The fraction of sp³-hybridized carbons (Fsp3) is 0.429. The third-order valence-electron chi connectivity index (χ3n) is 8.57. The molecule has 60 heavy (non-hydrogen) atoms. The van der Waals surface area contributed by atoms with Crippen molar-refractivity contribution in [3.8, 4) is 22.8 Å². The summed E-state index contributed by atoms with van der Waals surface area (Å²) >= 11 is 13.9. The van der Waals surface area contributed by atoms with Crippen LogP contribution in [0.1, 0.15) is 27.7 Å². The minimum Gasteiger partial charge on any atom is -0.491 e. The number of rotatable bonds is 16. The summed E-state index contributed by atoms with van der Waals surface area (Å²) in [5, 5.41) is 29.4. The predicted octanol–water partition coefficient (Wildman–Crippen LogP) is 10.0. The molecule has 4 heterocycles. The molecule has 2 N–H and O–H groups in total. The van der Waals surface area contributed by atoms with E-state index in [1.807, 2.05) is 79.5 Å². The van der Waals surface area contributed by atoms with Gasteiger partial charge in [-0.3, -0.25) is 0 Å². The molecular formula is C42H58BCl2IN6O6Si2. The van der Waals surface area contributed by atoms with Crippen LogP contribution in [0.2, 0.25) is 61.7 Å². The molecule has 0 amide bonds. The Kier molecular flexibility index (Phi) is 18.9. The first-order valence-electron chi connectivity index (χ1n) is 19.9. The molecule has 0 atom stereocenters. The quantitative estimate of drug-likeness (QED) is 0.0417. The highest BCUT2D eigenvalue weighted by molar-refractivity contribution is 14.1. The minimum atomic E-state index is -1.47. The summed E-state index contributed by atoms with van der Waals surface area (Å²) in [4.78, 5) is 7.77. The van der Waals surface area contributed by atoms with Gasteiger partial charge < -0.3 is 29.0 Å². The average Bonchev–Trinajstić information content (AvgIpc) is 3.67. The zero-order chi connectivity index (χ0) is 44.2. The van der Waals surface area contributed by atoms with Crippen LogP contribution in [0.15, 0.2) is 73.1 Å². The molecule has 12 nitrogen and oxygen atoms in total. The van der Waals surface area contributed by atoms with Gasteiger partial charge in [0.2, 0.25) is 0 Å². The molecule has 2 aromatic carbocycles. The molecule has 0 unspecified atom stereocenters. The van der Waals surface area contributed by atoms with E-state index in [9.17, 15) is 0 Å². The Morgan fingerprint density at radius 3 is 1.63 bits per heavy atom. The molecule has 0 saturated carbocycles. The second-order valence-electron chi connectivity index (χ2n) is 17.2. The van der Waals surface area contributed by atoms with Crippen LogP contribution in [-0.2, 0) is 22.9 Å². The van der Waals surface area contributed by atoms with Gasteiger partial charge in [-0.2, -0.15) is 10.2 Å². The van der Waals surface area contributed by atoms with Crippen LogP contribution in [0.4, 0.5) is 0 Å². The highest BCUT2D eigenvalue weighted by Gasteiger charge is 2.18. The van der Waals surface area contributed by atoms with E-state index in [1.165, 1.54) is 24.4 Å². The largest absolute Gasteiger partial charge is 0.491 e. The van der Waals surface area contributed by atoms with E-state index in [-0.39, 0.29) is 17.4 Å². The Morgan fingerprint density at radius 2 is 1.15 bits per heavy atom. The normalized spacial score (nSPS) is 11.8. The molecule has 18 heteroatoms. The molecule has 0 bridgehead atoms. The van der Waals surface area contributed by atoms with Crippen molar-refractivity contribution in [2.45, 2.75) is 105 Å². The monoisotopic (exact) mass is 1010 g/mol. The first kappa shape index (κ1) is 49.6. The number of aromatic nitrogens is 6. The number of nitrogens with zero attached hydrogens (tertiary/aromatic N) is 6. The van der Waals surface area contributed by atoms with Crippen molar-refractivity contribution in [1.29, 1.82) is 0 Å². The molecule has 0 aliphatic carbocycles. The molecule has 0 aliphatic heterocycles. The van der Waals surface area contributed by atoms with Crippen molar-refractivity contribution in [2.75, 3.05) is 13.2 Å². The van der Waals surface area contributed by atoms with Gasteiger partial charge in [0.1, 0.15) is 39.0 Å². The van der Waals surface area contributed by atoms with Crippen LogP contribution >= 0.6 is 45.8 Å². The first-order chi connectivity index (χ1) is 28.2. The maximum atomic E-state index is 8.62. The minimum absolute atomic E-state index is 0.108. The SMILES string of the molecule is CC(C)Oc1ccc2nn(COCC[Si](C)(C)C)c(-c3ccnc(Cl)c3)c2c1.CC(C)Oc1ccc2nn(COCC[Si](C)(C)C)c(I)c2c1.OB(O)c1ccnc(Cl)c1. The lowest BCUT2D eigenvalue weighted by Gasteiger charge is -2.16. The van der Waals surface area contributed by atoms with Crippen LogP contribution in [0.3, 0.4) is 0 Å². The molecule has 0 spiro atoms. The summed E-state index contributed by atoms with van der Waals surface area (Å²) in [5.74, 6) is 1.71. The van der Waals surface area contributed by atoms with Crippen molar-refractivity contribution in [3.05, 3.63) is 87.1 Å². The first-order valence-corrected chi connectivity index (χ1v) is 29.2. The molecule has 0 aliphatic rings. The topological polar surface area (TPSA) is 139 Å². The van der Waals surface area contributed by atoms with Crippen molar-refractivity contribution < 1.29 is 29.0 Å². The van der Waals surface area contributed by atoms with Gasteiger partial charge in [-0.25, -0.2) is 19.3 Å². The van der Waals surface area contributed by atoms with Gasteiger partial charge in [-0.1, -0.05) is 62.5 Å². The van der Waals surface area contributed by atoms with E-state index in [2.05, 4.69) is 83.0 Å². The number of benzene rings is 2. The number of fused-ring (bicyclic) bond motifs is 2. The van der Waals surface area contributed by atoms with Gasteiger partial charge >= 0.3 is 7.12 Å². The number of pyridine rings is 2. The van der Waals surface area contributed by atoms with Crippen LogP contribution < -0.4 is 14.9 Å². The lowest BCUT2D eigenvalue weighted by molar-refractivity contribution is 0.0773.